The molecule has 0 radical (unpaired) electrons. The summed E-state index contributed by atoms with van der Waals surface area (Å²) in [4.78, 5) is 58.7. The molecule has 2 aromatic carbocycles. The summed E-state index contributed by atoms with van der Waals surface area (Å²) in [6.07, 6.45) is 0.963. The zero-order valence-corrected chi connectivity index (χ0v) is 37.8. The highest BCUT2D eigenvalue weighted by atomic mass is 16.5. The Morgan fingerprint density at radius 2 is 1.35 bits per heavy atom. The van der Waals surface area contributed by atoms with E-state index in [9.17, 15) is 24.3 Å². The van der Waals surface area contributed by atoms with E-state index in [0.29, 0.717) is 6.61 Å². The fourth-order valence-electron chi connectivity index (χ4n) is 6.39. The van der Waals surface area contributed by atoms with Gasteiger partial charge in [-0.3, -0.25) is 24.8 Å². The molecule has 13 heteroatoms. The molecule has 4 atom stereocenters. The maximum Gasteiger partial charge on any atom is 0.407 e. The third-order valence-corrected chi connectivity index (χ3v) is 10.4. The number of amides is 4. The summed E-state index contributed by atoms with van der Waals surface area (Å²) < 4.78 is 10.9. The van der Waals surface area contributed by atoms with E-state index in [2.05, 4.69) is 33.3 Å². The second-order valence-electron chi connectivity index (χ2n) is 19.2. The maximum atomic E-state index is 14.3. The molecule has 0 spiro atoms. The van der Waals surface area contributed by atoms with Crippen molar-refractivity contribution < 1.29 is 33.8 Å². The van der Waals surface area contributed by atoms with Crippen LogP contribution in [0.3, 0.4) is 0 Å². The van der Waals surface area contributed by atoms with Crippen LogP contribution in [0.4, 0.5) is 4.79 Å². The van der Waals surface area contributed by atoms with Crippen molar-refractivity contribution in [3.63, 3.8) is 0 Å². The molecule has 13 nitrogen and oxygen atoms in total. The largest absolute Gasteiger partial charge is 0.453 e. The van der Waals surface area contributed by atoms with E-state index >= 15 is 0 Å². The molecule has 0 saturated heterocycles. The van der Waals surface area contributed by atoms with Crippen molar-refractivity contribution in [2.45, 2.75) is 132 Å². The van der Waals surface area contributed by atoms with Crippen LogP contribution in [0, 0.1) is 16.2 Å². The normalized spacial score (nSPS) is 14.4. The summed E-state index contributed by atoms with van der Waals surface area (Å²) >= 11 is 0. The van der Waals surface area contributed by atoms with E-state index in [1.807, 2.05) is 142 Å². The second-order valence-corrected chi connectivity index (χ2v) is 19.2. The van der Waals surface area contributed by atoms with Crippen molar-refractivity contribution >= 4 is 23.8 Å². The molecule has 3 aromatic rings. The summed E-state index contributed by atoms with van der Waals surface area (Å²) in [5, 5.41) is 22.4. The Bertz CT molecular complexity index is 1820. The van der Waals surface area contributed by atoms with E-state index in [-0.39, 0.29) is 37.4 Å². The smallest absolute Gasteiger partial charge is 0.407 e. The molecule has 5 N–H and O–H groups in total. The summed E-state index contributed by atoms with van der Waals surface area (Å²) in [5.41, 5.74) is 4.13. The number of methoxy groups -OCH3 is 1. The van der Waals surface area contributed by atoms with Crippen LogP contribution in [0.15, 0.2) is 79.0 Å². The third kappa shape index (κ3) is 16.3. The zero-order valence-electron chi connectivity index (χ0n) is 37.8. The Morgan fingerprint density at radius 3 is 1.90 bits per heavy atom. The average Bonchev–Trinajstić information content (AvgIpc) is 3.17. The Morgan fingerprint density at radius 1 is 0.750 bits per heavy atom. The highest BCUT2D eigenvalue weighted by molar-refractivity contribution is 5.89. The van der Waals surface area contributed by atoms with Crippen LogP contribution in [-0.2, 0) is 36.8 Å². The first-order valence-electron chi connectivity index (χ1n) is 20.8. The summed E-state index contributed by atoms with van der Waals surface area (Å²) in [6.45, 7) is 21.5. The van der Waals surface area contributed by atoms with Gasteiger partial charge in [0.15, 0.2) is 0 Å². The standard InChI is InChI=1S/C47H70N6O7/c1-13-47(10,11)60-31-46(8,9)28-38(55)50-39(44(2,3)4)41(56)49-36(27-32-19-15-14-16-20-32)37(54)30-53(52-42(57)40(45(5,6)7)51-43(58)59-12)29-33-22-24-34(25-23-33)35-21-17-18-26-48-35/h14-26,36-37,39-40,54H,13,27-31H2,1-12H3,(H,49,56)(H,50,55)(H,51,58)(H,52,57). The van der Waals surface area contributed by atoms with E-state index < -0.39 is 58.4 Å². The van der Waals surface area contributed by atoms with Gasteiger partial charge < -0.3 is 30.5 Å². The van der Waals surface area contributed by atoms with Gasteiger partial charge >= 0.3 is 6.09 Å². The van der Waals surface area contributed by atoms with Gasteiger partial charge in [0.2, 0.25) is 11.8 Å². The monoisotopic (exact) mass is 831 g/mol. The number of rotatable bonds is 20. The predicted molar refractivity (Wildman–Crippen MR) is 235 cm³/mol. The molecule has 330 valence electrons. The molecule has 60 heavy (non-hydrogen) atoms. The molecular formula is C47H70N6O7. The quantitative estimate of drug-likeness (QED) is 0.0789. The zero-order chi connectivity index (χ0) is 44.9. The van der Waals surface area contributed by atoms with Crippen LogP contribution in [0.5, 0.6) is 0 Å². The van der Waals surface area contributed by atoms with Gasteiger partial charge in [-0.2, -0.15) is 0 Å². The average molecular weight is 831 g/mol. The second kappa shape index (κ2) is 21.6. The van der Waals surface area contributed by atoms with Gasteiger partial charge in [-0.05, 0) is 66.2 Å². The number of hydrazine groups is 1. The van der Waals surface area contributed by atoms with Crippen molar-refractivity contribution in [2.24, 2.45) is 16.2 Å². The van der Waals surface area contributed by atoms with Gasteiger partial charge in [0.05, 0.1) is 37.2 Å². The number of carbonyl (C=O) groups excluding carboxylic acids is 4. The van der Waals surface area contributed by atoms with Crippen molar-refractivity contribution in [2.75, 3.05) is 20.3 Å². The first kappa shape index (κ1) is 49.5. The Kier molecular flexibility index (Phi) is 17.8. The van der Waals surface area contributed by atoms with Crippen molar-refractivity contribution in [1.29, 1.82) is 0 Å². The van der Waals surface area contributed by atoms with E-state index in [0.717, 1.165) is 28.8 Å². The Hall–Kier alpha value is -4.85. The lowest BCUT2D eigenvalue weighted by Crippen LogP contribution is -2.61. The molecule has 0 fully saturated rings. The fraction of sp³-hybridized carbons (Fsp3) is 0.553. The molecule has 1 aromatic heterocycles. The summed E-state index contributed by atoms with van der Waals surface area (Å²) in [6, 6.07) is 20.1. The Balaban J connectivity index is 1.93. The lowest BCUT2D eigenvalue weighted by molar-refractivity contribution is -0.135. The Labute approximate surface area is 357 Å². The first-order valence-corrected chi connectivity index (χ1v) is 20.8. The van der Waals surface area contributed by atoms with E-state index in [4.69, 9.17) is 9.47 Å². The summed E-state index contributed by atoms with van der Waals surface area (Å²) in [7, 11) is 1.23. The first-order chi connectivity index (χ1) is 27.9. The van der Waals surface area contributed by atoms with Gasteiger partial charge in [-0.1, -0.05) is 123 Å². The molecule has 1 heterocycles. The number of carbonyl (C=O) groups is 4. The number of hydrogen-bond donors (Lipinski definition) is 5. The SMILES string of the molecule is CCC(C)(C)OCC(C)(C)CC(=O)NC(C(=O)NC(Cc1ccccc1)C(O)CN(Cc1ccc(-c2ccccn2)cc1)NC(=O)C(NC(=O)OC)C(C)(C)C)C(C)(C)C. The van der Waals surface area contributed by atoms with Gasteiger partial charge in [0.25, 0.3) is 5.91 Å². The number of aliphatic hydroxyl groups is 1. The van der Waals surface area contributed by atoms with Crippen LogP contribution >= 0.6 is 0 Å². The number of aliphatic hydroxyl groups excluding tert-OH is 1. The minimum absolute atomic E-state index is 0.116. The van der Waals surface area contributed by atoms with Gasteiger partial charge in [0, 0.05) is 31.3 Å². The number of aromatic nitrogens is 1. The lowest BCUT2D eigenvalue weighted by atomic mass is 9.84. The molecule has 0 aliphatic carbocycles. The molecule has 4 unspecified atom stereocenters. The number of pyridine rings is 1. The van der Waals surface area contributed by atoms with Gasteiger partial charge in [0.1, 0.15) is 12.1 Å². The number of nitrogens with zero attached hydrogens (tertiary/aromatic N) is 2. The maximum absolute atomic E-state index is 14.3. The third-order valence-electron chi connectivity index (χ3n) is 10.4. The van der Waals surface area contributed by atoms with Crippen molar-refractivity contribution in [1.82, 2.24) is 31.4 Å². The molecular weight excluding hydrogens is 761 g/mol. The van der Waals surface area contributed by atoms with Crippen LogP contribution in [0.1, 0.15) is 100 Å². The molecule has 0 aliphatic heterocycles. The van der Waals surface area contributed by atoms with Crippen molar-refractivity contribution in [3.05, 3.63) is 90.1 Å². The number of ether oxygens (including phenoxy) is 2. The molecule has 0 saturated carbocycles. The minimum atomic E-state index is -1.22. The van der Waals surface area contributed by atoms with Crippen LogP contribution in [-0.4, -0.2) is 89.0 Å². The number of hydrogen-bond acceptors (Lipinski definition) is 9. The molecule has 0 bridgehead atoms. The number of nitrogens with one attached hydrogen (secondary N) is 4. The fourth-order valence-corrected chi connectivity index (χ4v) is 6.39. The molecule has 3 rings (SSSR count). The van der Waals surface area contributed by atoms with Crippen LogP contribution in [0.2, 0.25) is 0 Å². The van der Waals surface area contributed by atoms with Crippen LogP contribution < -0.4 is 21.4 Å². The minimum Gasteiger partial charge on any atom is -0.453 e. The van der Waals surface area contributed by atoms with Gasteiger partial charge in [-0.25, -0.2) is 9.80 Å². The highest BCUT2D eigenvalue weighted by Gasteiger charge is 2.38. The summed E-state index contributed by atoms with van der Waals surface area (Å²) in [5.74, 6) is -1.26. The predicted octanol–water partition coefficient (Wildman–Crippen LogP) is 6.59. The highest BCUT2D eigenvalue weighted by Crippen LogP contribution is 2.27. The topological polar surface area (TPSA) is 171 Å². The lowest BCUT2D eigenvalue weighted by Gasteiger charge is -2.36. The molecule has 4 amide bonds. The van der Waals surface area contributed by atoms with Gasteiger partial charge in [-0.15, -0.1) is 0 Å². The van der Waals surface area contributed by atoms with E-state index in [1.165, 1.54) is 7.11 Å². The number of alkyl carbamates (subject to hydrolysis) is 1. The van der Waals surface area contributed by atoms with E-state index in [1.54, 1.807) is 11.2 Å². The van der Waals surface area contributed by atoms with Crippen LogP contribution in [0.25, 0.3) is 11.3 Å². The number of benzene rings is 2. The van der Waals surface area contributed by atoms with Crippen molar-refractivity contribution in [3.8, 4) is 11.3 Å². The molecule has 0 aliphatic rings.